The van der Waals surface area contributed by atoms with Crippen molar-refractivity contribution >= 4 is 22.4 Å². The Morgan fingerprint density at radius 1 is 1.50 bits per heavy atom. The fourth-order valence-electron chi connectivity index (χ4n) is 2.03. The van der Waals surface area contributed by atoms with Gasteiger partial charge in [0.25, 0.3) is 0 Å². The average Bonchev–Trinajstić information content (AvgIpc) is 2.81. The van der Waals surface area contributed by atoms with Gasteiger partial charge in [0.1, 0.15) is 0 Å². The molecule has 0 saturated heterocycles. The van der Waals surface area contributed by atoms with Crippen LogP contribution >= 0.6 is 11.3 Å². The van der Waals surface area contributed by atoms with Crippen LogP contribution in [0.4, 0.5) is 5.13 Å². The van der Waals surface area contributed by atoms with Crippen molar-refractivity contribution in [1.82, 2.24) is 4.98 Å². The van der Waals surface area contributed by atoms with Crippen molar-refractivity contribution in [3.05, 3.63) is 11.6 Å². The number of nitrogens with one attached hydrogen (secondary N) is 1. The summed E-state index contributed by atoms with van der Waals surface area (Å²) >= 11 is 1.53. The topological polar surface area (TPSA) is 63.3 Å². The van der Waals surface area contributed by atoms with Crippen molar-refractivity contribution in [3.8, 4) is 0 Å². The van der Waals surface area contributed by atoms with E-state index in [9.17, 15) is 0 Å². The number of aliphatic imine (C=N–C) groups is 1. The van der Waals surface area contributed by atoms with Gasteiger partial charge in [0.05, 0.1) is 0 Å². The van der Waals surface area contributed by atoms with Crippen molar-refractivity contribution in [2.75, 3.05) is 11.9 Å². The smallest absolute Gasteiger partial charge is 0.194 e. The number of hydrogen-bond donors (Lipinski definition) is 2. The van der Waals surface area contributed by atoms with E-state index in [1.807, 2.05) is 5.38 Å². The maximum Gasteiger partial charge on any atom is 0.194 e. The lowest BCUT2D eigenvalue weighted by Gasteiger charge is -2.19. The van der Waals surface area contributed by atoms with Gasteiger partial charge in [-0.05, 0) is 18.8 Å². The normalized spacial score (nSPS) is 18.6. The molecule has 1 fully saturated rings. The number of hydrogen-bond acceptors (Lipinski definition) is 3. The number of guanidine groups is 1. The van der Waals surface area contributed by atoms with Crippen LogP contribution in [0.3, 0.4) is 0 Å². The molecule has 1 saturated carbocycles. The van der Waals surface area contributed by atoms with Crippen LogP contribution in [-0.4, -0.2) is 17.5 Å². The highest BCUT2D eigenvalue weighted by molar-refractivity contribution is 7.13. The van der Waals surface area contributed by atoms with Gasteiger partial charge < -0.3 is 11.1 Å². The summed E-state index contributed by atoms with van der Waals surface area (Å²) in [6.07, 6.45) is 8.43. The predicted octanol–water partition coefficient (Wildman–Crippen LogP) is 2.45. The molecule has 0 atom stereocenters. The zero-order valence-electron chi connectivity index (χ0n) is 9.35. The molecule has 4 nitrogen and oxygen atoms in total. The lowest BCUT2D eigenvalue weighted by molar-refractivity contribution is 0.367. The van der Waals surface area contributed by atoms with E-state index in [-0.39, 0.29) is 0 Å². The molecule has 0 radical (unpaired) electrons. The Hall–Kier alpha value is -1.10. The van der Waals surface area contributed by atoms with Gasteiger partial charge in [0.15, 0.2) is 11.1 Å². The summed E-state index contributed by atoms with van der Waals surface area (Å²) in [4.78, 5) is 8.47. The Balaban J connectivity index is 1.77. The number of anilines is 1. The highest BCUT2D eigenvalue weighted by Gasteiger charge is 2.12. The first-order valence-electron chi connectivity index (χ1n) is 5.81. The van der Waals surface area contributed by atoms with Crippen LogP contribution in [0.15, 0.2) is 16.6 Å². The zero-order valence-corrected chi connectivity index (χ0v) is 10.2. The summed E-state index contributed by atoms with van der Waals surface area (Å²) in [5.41, 5.74) is 5.79. The molecule has 0 unspecified atom stereocenters. The maximum absolute atomic E-state index is 5.79. The third-order valence-corrected chi connectivity index (χ3v) is 3.60. The largest absolute Gasteiger partial charge is 0.370 e. The van der Waals surface area contributed by atoms with Crippen molar-refractivity contribution < 1.29 is 0 Å². The van der Waals surface area contributed by atoms with E-state index in [2.05, 4.69) is 15.3 Å². The standard InChI is InChI=1S/C11H18N4S/c12-10(15-11-13-6-7-16-11)14-8-9-4-2-1-3-5-9/h6-7,9H,1-5,8H2,(H3,12,13,14,15). The van der Waals surface area contributed by atoms with Gasteiger partial charge in [-0.2, -0.15) is 0 Å². The molecule has 0 aromatic carbocycles. The van der Waals surface area contributed by atoms with Crippen molar-refractivity contribution in [3.63, 3.8) is 0 Å². The van der Waals surface area contributed by atoms with Crippen LogP contribution in [0.2, 0.25) is 0 Å². The Morgan fingerprint density at radius 2 is 2.31 bits per heavy atom. The number of aromatic nitrogens is 1. The minimum absolute atomic E-state index is 0.487. The minimum atomic E-state index is 0.487. The Morgan fingerprint density at radius 3 is 3.00 bits per heavy atom. The fourth-order valence-corrected chi connectivity index (χ4v) is 2.57. The minimum Gasteiger partial charge on any atom is -0.370 e. The quantitative estimate of drug-likeness (QED) is 0.628. The molecule has 2 rings (SSSR count). The van der Waals surface area contributed by atoms with E-state index >= 15 is 0 Å². The molecule has 3 N–H and O–H groups in total. The van der Waals surface area contributed by atoms with Gasteiger partial charge in [-0.25, -0.2) is 4.98 Å². The molecule has 0 spiro atoms. The highest BCUT2D eigenvalue weighted by atomic mass is 32.1. The molecule has 5 heteroatoms. The van der Waals surface area contributed by atoms with Crippen LogP contribution in [-0.2, 0) is 0 Å². The molecule has 0 aliphatic heterocycles. The summed E-state index contributed by atoms with van der Waals surface area (Å²) in [6, 6.07) is 0. The molecule has 1 aromatic heterocycles. The van der Waals surface area contributed by atoms with Crippen LogP contribution in [0.5, 0.6) is 0 Å². The van der Waals surface area contributed by atoms with E-state index < -0.39 is 0 Å². The number of rotatable bonds is 3. The van der Waals surface area contributed by atoms with Gasteiger partial charge in [-0.3, -0.25) is 4.99 Å². The van der Waals surface area contributed by atoms with Crippen molar-refractivity contribution in [2.24, 2.45) is 16.6 Å². The summed E-state index contributed by atoms with van der Waals surface area (Å²) in [5, 5.41) is 5.72. The highest BCUT2D eigenvalue weighted by Crippen LogP contribution is 2.23. The molecule has 0 amide bonds. The predicted molar refractivity (Wildman–Crippen MR) is 68.8 cm³/mol. The second-order valence-corrected chi connectivity index (χ2v) is 5.09. The number of thiazole rings is 1. The number of nitrogens with two attached hydrogens (primary N) is 1. The second kappa shape index (κ2) is 5.84. The molecular weight excluding hydrogens is 220 g/mol. The van der Waals surface area contributed by atoms with Crippen LogP contribution in [0, 0.1) is 5.92 Å². The van der Waals surface area contributed by atoms with E-state index in [4.69, 9.17) is 5.73 Å². The van der Waals surface area contributed by atoms with E-state index in [0.29, 0.717) is 5.96 Å². The molecule has 1 aromatic rings. The molecule has 16 heavy (non-hydrogen) atoms. The SMILES string of the molecule is NC(=NCC1CCCCC1)Nc1nccs1. The van der Waals surface area contributed by atoms with Gasteiger partial charge in [0, 0.05) is 18.1 Å². The molecule has 88 valence electrons. The Kier molecular flexibility index (Phi) is 4.16. The third kappa shape index (κ3) is 3.48. The Labute approximate surface area is 100.0 Å². The fraction of sp³-hybridized carbons (Fsp3) is 0.636. The van der Waals surface area contributed by atoms with Crippen LogP contribution in [0.25, 0.3) is 0 Å². The third-order valence-electron chi connectivity index (χ3n) is 2.91. The summed E-state index contributed by atoms with van der Waals surface area (Å²) < 4.78 is 0. The van der Waals surface area contributed by atoms with E-state index in [1.54, 1.807) is 6.20 Å². The summed E-state index contributed by atoms with van der Waals surface area (Å²) in [5.74, 6) is 1.21. The number of nitrogens with zero attached hydrogens (tertiary/aromatic N) is 2. The van der Waals surface area contributed by atoms with Crippen LogP contribution in [0.1, 0.15) is 32.1 Å². The summed E-state index contributed by atoms with van der Waals surface area (Å²) in [7, 11) is 0. The van der Waals surface area contributed by atoms with Gasteiger partial charge in [-0.1, -0.05) is 19.3 Å². The molecule has 1 heterocycles. The first-order chi connectivity index (χ1) is 7.84. The van der Waals surface area contributed by atoms with Gasteiger partial charge >= 0.3 is 0 Å². The van der Waals surface area contributed by atoms with Crippen LogP contribution < -0.4 is 11.1 Å². The zero-order chi connectivity index (χ0) is 11.2. The molecular formula is C11H18N4S. The van der Waals surface area contributed by atoms with E-state index in [0.717, 1.165) is 17.6 Å². The lowest BCUT2D eigenvalue weighted by Crippen LogP contribution is -2.24. The lowest BCUT2D eigenvalue weighted by atomic mass is 9.89. The monoisotopic (exact) mass is 238 g/mol. The first-order valence-corrected chi connectivity index (χ1v) is 6.69. The van der Waals surface area contributed by atoms with Gasteiger partial charge in [0.2, 0.25) is 0 Å². The van der Waals surface area contributed by atoms with E-state index in [1.165, 1.54) is 43.4 Å². The van der Waals surface area contributed by atoms with Crippen molar-refractivity contribution in [1.29, 1.82) is 0 Å². The average molecular weight is 238 g/mol. The molecule has 1 aliphatic carbocycles. The summed E-state index contributed by atoms with van der Waals surface area (Å²) in [6.45, 7) is 0.851. The Bertz CT molecular complexity index is 328. The first kappa shape index (κ1) is 11.4. The van der Waals surface area contributed by atoms with Crippen molar-refractivity contribution in [2.45, 2.75) is 32.1 Å². The molecule has 0 bridgehead atoms. The second-order valence-electron chi connectivity index (χ2n) is 4.19. The maximum atomic E-state index is 5.79. The molecule has 1 aliphatic rings. The van der Waals surface area contributed by atoms with Gasteiger partial charge in [-0.15, -0.1) is 11.3 Å².